The van der Waals surface area contributed by atoms with Crippen molar-refractivity contribution in [3.05, 3.63) is 29.6 Å². The molecule has 0 heterocycles. The number of nitrogens with one attached hydrogen (secondary N) is 1. The van der Waals surface area contributed by atoms with Crippen LogP contribution in [0.25, 0.3) is 0 Å². The van der Waals surface area contributed by atoms with Crippen molar-refractivity contribution in [1.29, 1.82) is 0 Å². The van der Waals surface area contributed by atoms with Crippen molar-refractivity contribution in [2.24, 2.45) is 5.92 Å². The van der Waals surface area contributed by atoms with E-state index in [4.69, 9.17) is 5.11 Å². The van der Waals surface area contributed by atoms with Crippen molar-refractivity contribution in [2.75, 3.05) is 0 Å². The van der Waals surface area contributed by atoms with E-state index in [0.29, 0.717) is 11.6 Å². The highest BCUT2D eigenvalue weighted by Crippen LogP contribution is 2.34. The summed E-state index contributed by atoms with van der Waals surface area (Å²) in [4.78, 5) is 0. The molecule has 0 bridgehead atoms. The minimum Gasteiger partial charge on any atom is -0.508 e. The lowest BCUT2D eigenvalue weighted by atomic mass is 10.1. The second kappa shape index (κ2) is 5.05. The number of halogens is 1. The molecular formula is C14H20FNO. The van der Waals surface area contributed by atoms with Gasteiger partial charge in [-0.05, 0) is 32.3 Å². The van der Waals surface area contributed by atoms with Gasteiger partial charge in [0.15, 0.2) is 0 Å². The van der Waals surface area contributed by atoms with Crippen LogP contribution in [0.15, 0.2) is 18.2 Å². The minimum atomic E-state index is -0.344. The minimum absolute atomic E-state index is 0.0236. The molecule has 0 amide bonds. The van der Waals surface area contributed by atoms with E-state index in [1.54, 1.807) is 6.07 Å². The second-order valence-corrected chi connectivity index (χ2v) is 5.17. The zero-order valence-corrected chi connectivity index (χ0v) is 10.4. The average Bonchev–Trinajstić information content (AvgIpc) is 3.00. The standard InChI is InChI=1S/C14H20FNO/c1-9(7-11-3-4-11)16-10(2)13-6-5-12(17)8-14(13)15/h5-6,8-11,16-17H,3-4,7H2,1-2H3. The maximum Gasteiger partial charge on any atom is 0.131 e. The van der Waals surface area contributed by atoms with Gasteiger partial charge in [0.25, 0.3) is 0 Å². The fraction of sp³-hybridized carbons (Fsp3) is 0.571. The van der Waals surface area contributed by atoms with Gasteiger partial charge in [0.1, 0.15) is 11.6 Å². The Morgan fingerprint density at radius 2 is 2.12 bits per heavy atom. The normalized spacial score (nSPS) is 19.0. The van der Waals surface area contributed by atoms with Gasteiger partial charge in [-0.3, -0.25) is 0 Å². The molecule has 0 aromatic heterocycles. The largest absolute Gasteiger partial charge is 0.508 e. The fourth-order valence-electron chi connectivity index (χ4n) is 2.31. The number of phenols is 1. The SMILES string of the molecule is CC(CC1CC1)NC(C)c1ccc(O)cc1F. The highest BCUT2D eigenvalue weighted by molar-refractivity contribution is 5.29. The number of rotatable bonds is 5. The first kappa shape index (κ1) is 12.4. The lowest BCUT2D eigenvalue weighted by Crippen LogP contribution is -2.29. The van der Waals surface area contributed by atoms with Gasteiger partial charge in [0, 0.05) is 23.7 Å². The lowest BCUT2D eigenvalue weighted by molar-refractivity contribution is 0.424. The Kier molecular flexibility index (Phi) is 3.67. The molecular weight excluding hydrogens is 217 g/mol. The third kappa shape index (κ3) is 3.43. The molecule has 2 atom stereocenters. The molecule has 1 fully saturated rings. The highest BCUT2D eigenvalue weighted by atomic mass is 19.1. The van der Waals surface area contributed by atoms with Crippen molar-refractivity contribution >= 4 is 0 Å². The van der Waals surface area contributed by atoms with E-state index in [1.165, 1.54) is 31.4 Å². The first-order valence-corrected chi connectivity index (χ1v) is 6.30. The van der Waals surface area contributed by atoms with E-state index >= 15 is 0 Å². The zero-order chi connectivity index (χ0) is 12.4. The van der Waals surface area contributed by atoms with E-state index in [-0.39, 0.29) is 17.6 Å². The molecule has 1 aromatic rings. The average molecular weight is 237 g/mol. The van der Waals surface area contributed by atoms with Crippen molar-refractivity contribution in [1.82, 2.24) is 5.32 Å². The third-order valence-corrected chi connectivity index (χ3v) is 3.37. The summed E-state index contributed by atoms with van der Waals surface area (Å²) in [5.74, 6) is 0.502. The van der Waals surface area contributed by atoms with Crippen LogP contribution in [0.1, 0.15) is 44.7 Å². The fourth-order valence-corrected chi connectivity index (χ4v) is 2.31. The first-order chi connectivity index (χ1) is 8.06. The molecule has 94 valence electrons. The summed E-state index contributed by atoms with van der Waals surface area (Å²) in [5.41, 5.74) is 0.616. The van der Waals surface area contributed by atoms with Gasteiger partial charge < -0.3 is 10.4 Å². The van der Waals surface area contributed by atoms with Crippen LogP contribution in [0.5, 0.6) is 5.75 Å². The topological polar surface area (TPSA) is 32.3 Å². The molecule has 3 heteroatoms. The Morgan fingerprint density at radius 3 is 2.71 bits per heavy atom. The smallest absolute Gasteiger partial charge is 0.131 e. The summed E-state index contributed by atoms with van der Waals surface area (Å²) >= 11 is 0. The van der Waals surface area contributed by atoms with Crippen LogP contribution in [0.4, 0.5) is 4.39 Å². The van der Waals surface area contributed by atoms with Crippen molar-refractivity contribution in [3.8, 4) is 5.75 Å². The summed E-state index contributed by atoms with van der Waals surface area (Å²) in [7, 11) is 0. The van der Waals surface area contributed by atoms with Crippen LogP contribution in [0.2, 0.25) is 0 Å². The third-order valence-electron chi connectivity index (χ3n) is 3.37. The van der Waals surface area contributed by atoms with Crippen LogP contribution >= 0.6 is 0 Å². The summed E-state index contributed by atoms with van der Waals surface area (Å²) in [6, 6.07) is 4.72. The summed E-state index contributed by atoms with van der Waals surface area (Å²) in [5, 5.41) is 12.6. The molecule has 0 radical (unpaired) electrons. The quantitative estimate of drug-likeness (QED) is 0.823. The molecule has 0 aliphatic heterocycles. The second-order valence-electron chi connectivity index (χ2n) is 5.17. The number of hydrogen-bond donors (Lipinski definition) is 2. The molecule has 2 unspecified atom stereocenters. The summed E-state index contributed by atoms with van der Waals surface area (Å²) < 4.78 is 13.6. The molecule has 1 aliphatic carbocycles. The molecule has 2 nitrogen and oxygen atoms in total. The Labute approximate surface area is 102 Å². The van der Waals surface area contributed by atoms with Gasteiger partial charge in [-0.15, -0.1) is 0 Å². The van der Waals surface area contributed by atoms with E-state index in [1.807, 2.05) is 6.92 Å². The molecule has 1 aliphatic rings. The maximum absolute atomic E-state index is 13.6. The van der Waals surface area contributed by atoms with Crippen molar-refractivity contribution in [3.63, 3.8) is 0 Å². The summed E-state index contributed by atoms with van der Waals surface area (Å²) in [6.07, 6.45) is 3.85. The number of phenolic OH excluding ortho intramolecular Hbond substituents is 1. The zero-order valence-electron chi connectivity index (χ0n) is 10.4. The Morgan fingerprint density at radius 1 is 1.41 bits per heavy atom. The predicted octanol–water partition coefficient (Wildman–Crippen LogP) is 3.37. The van der Waals surface area contributed by atoms with Gasteiger partial charge >= 0.3 is 0 Å². The highest BCUT2D eigenvalue weighted by Gasteiger charge is 2.24. The monoisotopic (exact) mass is 237 g/mol. The van der Waals surface area contributed by atoms with Crippen LogP contribution in [-0.2, 0) is 0 Å². The number of benzene rings is 1. The molecule has 0 saturated heterocycles. The van der Waals surface area contributed by atoms with Crippen LogP contribution < -0.4 is 5.32 Å². The van der Waals surface area contributed by atoms with Gasteiger partial charge in [0.05, 0.1) is 0 Å². The molecule has 1 aromatic carbocycles. The first-order valence-electron chi connectivity index (χ1n) is 6.30. The Bertz CT molecular complexity index is 390. The van der Waals surface area contributed by atoms with E-state index in [2.05, 4.69) is 12.2 Å². The van der Waals surface area contributed by atoms with Crippen LogP contribution in [0, 0.1) is 11.7 Å². The van der Waals surface area contributed by atoms with Crippen molar-refractivity contribution in [2.45, 2.75) is 45.2 Å². The lowest BCUT2D eigenvalue weighted by Gasteiger charge is -2.20. The van der Waals surface area contributed by atoms with E-state index in [0.717, 1.165) is 5.92 Å². The van der Waals surface area contributed by atoms with Gasteiger partial charge in [0.2, 0.25) is 0 Å². The molecule has 2 rings (SSSR count). The Balaban J connectivity index is 1.95. The molecule has 2 N–H and O–H groups in total. The predicted molar refractivity (Wildman–Crippen MR) is 66.4 cm³/mol. The van der Waals surface area contributed by atoms with Crippen LogP contribution in [0.3, 0.4) is 0 Å². The number of hydrogen-bond acceptors (Lipinski definition) is 2. The van der Waals surface area contributed by atoms with E-state index < -0.39 is 0 Å². The van der Waals surface area contributed by atoms with Crippen molar-refractivity contribution < 1.29 is 9.50 Å². The van der Waals surface area contributed by atoms with Gasteiger partial charge in [-0.2, -0.15) is 0 Å². The molecule has 0 spiro atoms. The van der Waals surface area contributed by atoms with Gasteiger partial charge in [-0.1, -0.05) is 18.9 Å². The summed E-state index contributed by atoms with van der Waals surface area (Å²) in [6.45, 7) is 4.10. The number of aromatic hydroxyl groups is 1. The molecule has 1 saturated carbocycles. The maximum atomic E-state index is 13.6. The van der Waals surface area contributed by atoms with Gasteiger partial charge in [-0.25, -0.2) is 4.39 Å². The van der Waals surface area contributed by atoms with E-state index in [9.17, 15) is 4.39 Å². The molecule has 17 heavy (non-hydrogen) atoms. The van der Waals surface area contributed by atoms with Crippen LogP contribution in [-0.4, -0.2) is 11.1 Å². The Hall–Kier alpha value is -1.09.